The Morgan fingerprint density at radius 3 is 2.55 bits per heavy atom. The lowest BCUT2D eigenvalue weighted by Crippen LogP contribution is -2.34. The van der Waals surface area contributed by atoms with Gasteiger partial charge in [0.25, 0.3) is 11.5 Å². The number of benzene rings is 1. The zero-order valence-corrected chi connectivity index (χ0v) is 19.7. The van der Waals surface area contributed by atoms with E-state index in [2.05, 4.69) is 24.0 Å². The van der Waals surface area contributed by atoms with Gasteiger partial charge < -0.3 is 4.90 Å². The van der Waals surface area contributed by atoms with Gasteiger partial charge in [-0.15, -0.1) is 11.3 Å². The second-order valence-corrected chi connectivity index (χ2v) is 10.4. The molecule has 29 heavy (non-hydrogen) atoms. The van der Waals surface area contributed by atoms with Crippen LogP contribution in [0.5, 0.6) is 0 Å². The largest absolute Gasteiger partial charge is 0.337 e. The van der Waals surface area contributed by atoms with E-state index in [0.29, 0.717) is 31.5 Å². The van der Waals surface area contributed by atoms with Crippen molar-refractivity contribution in [3.8, 4) is 0 Å². The van der Waals surface area contributed by atoms with Crippen LogP contribution in [0.1, 0.15) is 26.7 Å². The predicted octanol–water partition coefficient (Wildman–Crippen LogP) is 3.01. The van der Waals surface area contributed by atoms with Gasteiger partial charge >= 0.3 is 0 Å². The van der Waals surface area contributed by atoms with Gasteiger partial charge in [-0.1, -0.05) is 61.2 Å². The van der Waals surface area contributed by atoms with Gasteiger partial charge in [-0.05, 0) is 25.5 Å². The molecule has 0 radical (unpaired) electrons. The third kappa shape index (κ3) is 3.48. The number of amides is 1. The van der Waals surface area contributed by atoms with Gasteiger partial charge in [-0.3, -0.25) is 19.1 Å². The first kappa shape index (κ1) is 20.7. The van der Waals surface area contributed by atoms with E-state index < -0.39 is 0 Å². The van der Waals surface area contributed by atoms with Gasteiger partial charge in [0.05, 0.1) is 5.69 Å². The van der Waals surface area contributed by atoms with Gasteiger partial charge in [0, 0.05) is 25.0 Å². The topological polar surface area (TPSA) is 45.6 Å². The number of fused-ring (bicyclic) bond motifs is 1. The number of anilines is 1. The zero-order chi connectivity index (χ0) is 20.7. The molecular formula is C20H21N3O2S4. The second-order valence-electron chi connectivity index (χ2n) is 6.73. The summed E-state index contributed by atoms with van der Waals surface area (Å²) in [6.07, 6.45) is 1.91. The Morgan fingerprint density at radius 1 is 1.10 bits per heavy atom. The van der Waals surface area contributed by atoms with Crippen molar-refractivity contribution in [1.82, 2.24) is 9.47 Å². The van der Waals surface area contributed by atoms with E-state index in [1.54, 1.807) is 21.2 Å². The summed E-state index contributed by atoms with van der Waals surface area (Å²) in [5.74, 6) is -0.0795. The normalized spacial score (nSPS) is 20.1. The van der Waals surface area contributed by atoms with Gasteiger partial charge in [0.2, 0.25) is 0 Å². The molecule has 3 heterocycles. The molecule has 0 unspecified atom stereocenters. The van der Waals surface area contributed by atoms with E-state index in [1.807, 2.05) is 26.1 Å². The van der Waals surface area contributed by atoms with Crippen molar-refractivity contribution in [3.63, 3.8) is 0 Å². The summed E-state index contributed by atoms with van der Waals surface area (Å²) in [7, 11) is 1.98. The minimum absolute atomic E-state index is 0.0477. The van der Waals surface area contributed by atoms with Gasteiger partial charge in [-0.2, -0.15) is 0 Å². The number of para-hydroxylation sites is 1. The van der Waals surface area contributed by atoms with Crippen LogP contribution in [0.15, 0.2) is 34.0 Å². The molecular weight excluding hydrogens is 443 g/mol. The van der Waals surface area contributed by atoms with Crippen molar-refractivity contribution in [2.24, 2.45) is 0 Å². The molecule has 9 heteroatoms. The van der Waals surface area contributed by atoms with Crippen molar-refractivity contribution < 1.29 is 4.79 Å². The fourth-order valence-electron chi connectivity index (χ4n) is 3.34. The molecule has 0 atom stereocenters. The highest BCUT2D eigenvalue weighted by Crippen LogP contribution is 2.45. The van der Waals surface area contributed by atoms with Crippen LogP contribution >= 0.6 is 47.1 Å². The van der Waals surface area contributed by atoms with Crippen LogP contribution < -0.4 is 19.7 Å². The van der Waals surface area contributed by atoms with E-state index >= 15 is 0 Å². The number of thiocarbonyl (C=S) groups is 1. The summed E-state index contributed by atoms with van der Waals surface area (Å²) >= 11 is 9.76. The number of aromatic nitrogens is 1. The molecule has 0 spiro atoms. The smallest absolute Gasteiger partial charge is 0.271 e. The van der Waals surface area contributed by atoms with Crippen molar-refractivity contribution >= 4 is 72.9 Å². The number of carbonyl (C=O) groups is 1. The summed E-state index contributed by atoms with van der Waals surface area (Å²) in [6, 6.07) is 8.11. The quantitative estimate of drug-likeness (QED) is 0.650. The molecule has 0 saturated carbocycles. The first-order valence-electron chi connectivity index (χ1n) is 9.50. The van der Waals surface area contributed by atoms with Crippen LogP contribution in [0.4, 0.5) is 5.69 Å². The van der Waals surface area contributed by atoms with Gasteiger partial charge in [-0.25, -0.2) is 0 Å². The fraction of sp³-hybridized carbons (Fsp3) is 0.350. The van der Waals surface area contributed by atoms with E-state index in [4.69, 9.17) is 12.2 Å². The first-order chi connectivity index (χ1) is 14.0. The van der Waals surface area contributed by atoms with Crippen LogP contribution in [-0.4, -0.2) is 33.3 Å². The number of unbranched alkanes of at least 4 members (excludes halogenated alkanes) is 1. The van der Waals surface area contributed by atoms with Crippen LogP contribution in [0, 0.1) is 0 Å². The number of hydrogen-bond acceptors (Lipinski definition) is 7. The van der Waals surface area contributed by atoms with Crippen molar-refractivity contribution in [2.45, 2.75) is 38.1 Å². The van der Waals surface area contributed by atoms with E-state index in [-0.39, 0.29) is 11.5 Å². The molecule has 2 aliphatic heterocycles. The molecule has 1 aromatic carbocycles. The highest BCUT2D eigenvalue weighted by atomic mass is 32.2. The highest BCUT2D eigenvalue weighted by Gasteiger charge is 2.34. The maximum absolute atomic E-state index is 13.2. The summed E-state index contributed by atoms with van der Waals surface area (Å²) in [6.45, 7) is 5.17. The number of thiazole rings is 1. The average Bonchev–Trinajstić information content (AvgIpc) is 3.32. The molecule has 152 valence electrons. The molecule has 0 aliphatic carbocycles. The Bertz CT molecular complexity index is 1180. The average molecular weight is 464 g/mol. The van der Waals surface area contributed by atoms with Crippen LogP contribution in [0.3, 0.4) is 0 Å². The highest BCUT2D eigenvalue weighted by molar-refractivity contribution is 8.30. The predicted molar refractivity (Wildman–Crippen MR) is 128 cm³/mol. The fourth-order valence-corrected chi connectivity index (χ4v) is 7.31. The van der Waals surface area contributed by atoms with Crippen LogP contribution in [0.25, 0.3) is 9.93 Å². The first-order valence-corrected chi connectivity index (χ1v) is 12.4. The van der Waals surface area contributed by atoms with E-state index in [0.717, 1.165) is 28.5 Å². The number of hydrogen-bond donors (Lipinski definition) is 0. The lowest BCUT2D eigenvalue weighted by molar-refractivity contribution is -0.120. The van der Waals surface area contributed by atoms with Crippen molar-refractivity contribution in [1.29, 1.82) is 0 Å². The second kappa shape index (κ2) is 8.29. The number of rotatable bonds is 4. The molecule has 1 aromatic heterocycles. The minimum Gasteiger partial charge on any atom is -0.337 e. The third-order valence-electron chi connectivity index (χ3n) is 4.91. The maximum Gasteiger partial charge on any atom is 0.271 e. The lowest BCUT2D eigenvalue weighted by atomic mass is 10.3. The van der Waals surface area contributed by atoms with Gasteiger partial charge in [0.15, 0.2) is 0 Å². The van der Waals surface area contributed by atoms with Crippen LogP contribution in [0.2, 0.25) is 0 Å². The Morgan fingerprint density at radius 2 is 1.86 bits per heavy atom. The Kier molecular flexibility index (Phi) is 5.92. The van der Waals surface area contributed by atoms with Crippen molar-refractivity contribution in [3.05, 3.63) is 43.8 Å². The SMILES string of the molecule is CCCCN1C(=O)/C(=c2/s/c(=C3\Sc4ccccc4N3C)c(=O)n2CC)SC1=S. The standard InChI is InChI=1S/C20H21N3O2S4/c1-4-6-11-23-17(25)15(29-20(23)26)19-22(5-2)16(24)14(28-19)18-21(3)12-9-7-8-10-13(12)27-18/h7-10H,4-6,11H2,1-3H3/b18-14-,19-15-. The molecule has 0 bridgehead atoms. The summed E-state index contributed by atoms with van der Waals surface area (Å²) in [5, 5.41) is 0.913. The molecule has 2 aliphatic rings. The van der Waals surface area contributed by atoms with Crippen LogP contribution in [-0.2, 0) is 11.3 Å². The molecule has 4 rings (SSSR count). The molecule has 1 fully saturated rings. The van der Waals surface area contributed by atoms with Crippen molar-refractivity contribution in [2.75, 3.05) is 18.5 Å². The summed E-state index contributed by atoms with van der Waals surface area (Å²) < 4.78 is 3.66. The third-order valence-corrected chi connectivity index (χ3v) is 9.03. The Hall–Kier alpha value is -1.55. The Balaban J connectivity index is 1.89. The molecule has 1 amide bonds. The maximum atomic E-state index is 13.2. The van der Waals surface area contributed by atoms with E-state index in [9.17, 15) is 9.59 Å². The molecule has 2 aromatic rings. The van der Waals surface area contributed by atoms with E-state index in [1.165, 1.54) is 23.1 Å². The number of thioether (sulfide) groups is 2. The molecule has 1 saturated heterocycles. The molecule has 0 N–H and O–H groups in total. The van der Waals surface area contributed by atoms with Gasteiger partial charge in [0.1, 0.15) is 23.4 Å². The monoisotopic (exact) mass is 463 g/mol. The number of carbonyl (C=O) groups excluding carboxylic acids is 1. The minimum atomic E-state index is -0.0795. The number of nitrogens with zero attached hydrogens (tertiary/aromatic N) is 3. The summed E-state index contributed by atoms with van der Waals surface area (Å²) in [4.78, 5) is 31.7. The summed E-state index contributed by atoms with van der Waals surface area (Å²) in [5.41, 5.74) is 1.05. The lowest BCUT2D eigenvalue weighted by Gasteiger charge is -2.12. The molecule has 5 nitrogen and oxygen atoms in total. The zero-order valence-electron chi connectivity index (χ0n) is 16.4. The Labute approximate surface area is 187 Å².